The molecule has 1 aliphatic carbocycles. The summed E-state index contributed by atoms with van der Waals surface area (Å²) in [5.74, 6) is 2.96. The normalized spacial score (nSPS) is 41.9. The lowest BCUT2D eigenvalue weighted by Gasteiger charge is -2.50. The molecule has 1 aliphatic heterocycles. The molecule has 1 N–H and O–H groups in total. The molecule has 0 spiro atoms. The van der Waals surface area contributed by atoms with Crippen molar-refractivity contribution >= 4 is 0 Å². The summed E-state index contributed by atoms with van der Waals surface area (Å²) in [5.41, 5.74) is -0.823. The zero-order valence-corrected chi connectivity index (χ0v) is 9.58. The molecule has 2 fully saturated rings. The standard InChI is InChI=1S/C13H21NO/c1-3-13(15)9-10-14(4-2)12-8-6-5-7-11(12)13/h1,11-12,15H,4-10H2,2H3. The smallest absolute Gasteiger partial charge is 0.130 e. The molecular weight excluding hydrogens is 186 g/mol. The molecular formula is C13H21NO. The molecule has 84 valence electrons. The minimum absolute atomic E-state index is 0.310. The van der Waals surface area contributed by atoms with Crippen LogP contribution in [-0.4, -0.2) is 34.7 Å². The second kappa shape index (κ2) is 4.15. The van der Waals surface area contributed by atoms with Crippen LogP contribution in [0.2, 0.25) is 0 Å². The predicted octanol–water partition coefficient (Wildman–Crippen LogP) is 1.64. The number of likely N-dealkylation sites (tertiary alicyclic amines) is 1. The second-order valence-corrected chi connectivity index (χ2v) is 4.91. The molecule has 2 nitrogen and oxygen atoms in total. The quantitative estimate of drug-likeness (QED) is 0.661. The summed E-state index contributed by atoms with van der Waals surface area (Å²) in [6, 6.07) is 0.526. The van der Waals surface area contributed by atoms with Gasteiger partial charge in [-0.25, -0.2) is 0 Å². The van der Waals surface area contributed by atoms with E-state index in [1.54, 1.807) is 0 Å². The van der Waals surface area contributed by atoms with Crippen LogP contribution >= 0.6 is 0 Å². The van der Waals surface area contributed by atoms with Crippen molar-refractivity contribution in [1.29, 1.82) is 0 Å². The molecule has 2 aliphatic rings. The molecule has 2 heteroatoms. The Morgan fingerprint density at radius 1 is 1.47 bits per heavy atom. The summed E-state index contributed by atoms with van der Waals surface area (Å²) in [5, 5.41) is 10.4. The van der Waals surface area contributed by atoms with E-state index in [0.29, 0.717) is 12.0 Å². The molecule has 0 aromatic heterocycles. The first kappa shape index (κ1) is 11.0. The Balaban J connectivity index is 2.20. The highest BCUT2D eigenvalue weighted by molar-refractivity contribution is 5.16. The van der Waals surface area contributed by atoms with Crippen molar-refractivity contribution in [2.75, 3.05) is 13.1 Å². The minimum atomic E-state index is -0.823. The van der Waals surface area contributed by atoms with Crippen LogP contribution in [0, 0.1) is 18.3 Å². The summed E-state index contributed by atoms with van der Waals surface area (Å²) in [6.45, 7) is 4.24. The number of aliphatic hydroxyl groups is 1. The predicted molar refractivity (Wildman–Crippen MR) is 61.4 cm³/mol. The zero-order valence-electron chi connectivity index (χ0n) is 9.58. The van der Waals surface area contributed by atoms with Gasteiger partial charge in [0.25, 0.3) is 0 Å². The van der Waals surface area contributed by atoms with Crippen molar-refractivity contribution in [1.82, 2.24) is 4.90 Å². The maximum absolute atomic E-state index is 10.4. The molecule has 3 unspecified atom stereocenters. The maximum atomic E-state index is 10.4. The third-order valence-electron chi connectivity index (χ3n) is 4.25. The van der Waals surface area contributed by atoms with Gasteiger partial charge in [0.1, 0.15) is 5.60 Å². The highest BCUT2D eigenvalue weighted by Crippen LogP contribution is 2.40. The Kier molecular flexibility index (Phi) is 3.04. The van der Waals surface area contributed by atoms with Crippen molar-refractivity contribution in [2.24, 2.45) is 5.92 Å². The van der Waals surface area contributed by atoms with Crippen molar-refractivity contribution in [3.8, 4) is 12.3 Å². The Labute approximate surface area is 92.7 Å². The summed E-state index contributed by atoms with van der Waals surface area (Å²) in [4.78, 5) is 2.50. The van der Waals surface area contributed by atoms with Gasteiger partial charge in [0.15, 0.2) is 0 Å². The molecule has 1 heterocycles. The zero-order chi connectivity index (χ0) is 10.9. The van der Waals surface area contributed by atoms with Crippen LogP contribution in [0.1, 0.15) is 39.0 Å². The van der Waals surface area contributed by atoms with Gasteiger partial charge in [-0.3, -0.25) is 0 Å². The number of rotatable bonds is 1. The van der Waals surface area contributed by atoms with Gasteiger partial charge in [0.2, 0.25) is 0 Å². The fraction of sp³-hybridized carbons (Fsp3) is 0.846. The monoisotopic (exact) mass is 207 g/mol. The molecule has 0 aromatic rings. The van der Waals surface area contributed by atoms with Gasteiger partial charge in [0.05, 0.1) is 0 Å². The van der Waals surface area contributed by atoms with Gasteiger partial charge < -0.3 is 10.0 Å². The van der Waals surface area contributed by atoms with Crippen LogP contribution in [-0.2, 0) is 0 Å². The fourth-order valence-electron chi connectivity index (χ4n) is 3.34. The Morgan fingerprint density at radius 3 is 2.87 bits per heavy atom. The first-order chi connectivity index (χ1) is 7.21. The molecule has 0 bridgehead atoms. The van der Waals surface area contributed by atoms with Crippen molar-refractivity contribution in [2.45, 2.75) is 50.7 Å². The second-order valence-electron chi connectivity index (χ2n) is 4.91. The van der Waals surface area contributed by atoms with E-state index in [-0.39, 0.29) is 0 Å². The number of hydrogen-bond donors (Lipinski definition) is 1. The SMILES string of the molecule is C#CC1(O)CCN(CC)C2CCCCC21. The van der Waals surface area contributed by atoms with Crippen LogP contribution in [0.15, 0.2) is 0 Å². The van der Waals surface area contributed by atoms with Crippen LogP contribution in [0.5, 0.6) is 0 Å². The number of nitrogens with zero attached hydrogens (tertiary/aromatic N) is 1. The lowest BCUT2D eigenvalue weighted by Crippen LogP contribution is -2.58. The highest BCUT2D eigenvalue weighted by Gasteiger charge is 2.46. The van der Waals surface area contributed by atoms with E-state index in [1.807, 2.05) is 0 Å². The average Bonchev–Trinajstić information content (AvgIpc) is 2.30. The third-order valence-corrected chi connectivity index (χ3v) is 4.25. The number of terminal acetylenes is 1. The Hall–Kier alpha value is -0.520. The molecule has 1 saturated carbocycles. The van der Waals surface area contributed by atoms with Gasteiger partial charge in [-0.05, 0) is 19.4 Å². The van der Waals surface area contributed by atoms with Gasteiger partial charge in [0, 0.05) is 24.9 Å². The summed E-state index contributed by atoms with van der Waals surface area (Å²) in [6.07, 6.45) is 11.1. The van der Waals surface area contributed by atoms with E-state index in [1.165, 1.54) is 19.3 Å². The largest absolute Gasteiger partial charge is 0.377 e. The van der Waals surface area contributed by atoms with E-state index < -0.39 is 5.60 Å². The van der Waals surface area contributed by atoms with Crippen LogP contribution < -0.4 is 0 Å². The van der Waals surface area contributed by atoms with Crippen molar-refractivity contribution in [3.05, 3.63) is 0 Å². The summed E-state index contributed by atoms with van der Waals surface area (Å²) < 4.78 is 0. The van der Waals surface area contributed by atoms with Crippen LogP contribution in [0.25, 0.3) is 0 Å². The minimum Gasteiger partial charge on any atom is -0.377 e. The van der Waals surface area contributed by atoms with Gasteiger partial charge in [-0.1, -0.05) is 25.7 Å². The molecule has 2 rings (SSSR count). The number of piperidine rings is 1. The van der Waals surface area contributed by atoms with Gasteiger partial charge in [-0.15, -0.1) is 6.42 Å². The van der Waals surface area contributed by atoms with E-state index in [9.17, 15) is 5.11 Å². The average molecular weight is 207 g/mol. The van der Waals surface area contributed by atoms with Gasteiger partial charge in [-0.2, -0.15) is 0 Å². The molecule has 1 saturated heterocycles. The van der Waals surface area contributed by atoms with E-state index in [4.69, 9.17) is 6.42 Å². The molecule has 15 heavy (non-hydrogen) atoms. The molecule has 0 aromatic carbocycles. The summed E-state index contributed by atoms with van der Waals surface area (Å²) in [7, 11) is 0. The lowest BCUT2D eigenvalue weighted by molar-refractivity contribution is -0.0764. The van der Waals surface area contributed by atoms with Crippen LogP contribution in [0.4, 0.5) is 0 Å². The molecule has 0 amide bonds. The maximum Gasteiger partial charge on any atom is 0.130 e. The van der Waals surface area contributed by atoms with E-state index >= 15 is 0 Å². The van der Waals surface area contributed by atoms with Crippen molar-refractivity contribution in [3.63, 3.8) is 0 Å². The Morgan fingerprint density at radius 2 is 2.20 bits per heavy atom. The topological polar surface area (TPSA) is 23.5 Å². The Bertz CT molecular complexity index is 270. The lowest BCUT2D eigenvalue weighted by atomic mass is 9.69. The van der Waals surface area contributed by atoms with Crippen molar-refractivity contribution < 1.29 is 5.11 Å². The highest BCUT2D eigenvalue weighted by atomic mass is 16.3. The summed E-state index contributed by atoms with van der Waals surface area (Å²) >= 11 is 0. The third kappa shape index (κ3) is 1.79. The van der Waals surface area contributed by atoms with E-state index in [0.717, 1.165) is 25.9 Å². The number of fused-ring (bicyclic) bond motifs is 1. The first-order valence-corrected chi connectivity index (χ1v) is 6.15. The fourth-order valence-corrected chi connectivity index (χ4v) is 3.34. The van der Waals surface area contributed by atoms with E-state index in [2.05, 4.69) is 17.7 Å². The molecule has 3 atom stereocenters. The van der Waals surface area contributed by atoms with Gasteiger partial charge >= 0.3 is 0 Å². The van der Waals surface area contributed by atoms with Crippen LogP contribution in [0.3, 0.4) is 0 Å². The number of hydrogen-bond acceptors (Lipinski definition) is 2. The first-order valence-electron chi connectivity index (χ1n) is 6.15. The molecule has 0 radical (unpaired) electrons.